The molecule has 0 fully saturated rings. The number of anilines is 1. The molecule has 0 amide bonds. The Morgan fingerprint density at radius 2 is 2.12 bits per heavy atom. The molecule has 1 aromatic rings. The maximum absolute atomic E-state index is 11.2. The minimum Gasteiger partial charge on any atom is -0.466 e. The van der Waals surface area contributed by atoms with Gasteiger partial charge in [0.25, 0.3) is 0 Å². The van der Waals surface area contributed by atoms with E-state index < -0.39 is 0 Å². The van der Waals surface area contributed by atoms with Gasteiger partial charge in [-0.1, -0.05) is 12.1 Å². The number of esters is 1. The Bertz CT molecular complexity index is 370. The summed E-state index contributed by atoms with van der Waals surface area (Å²) in [5.74, 6) is -0.177. The average Bonchev–Trinajstić information content (AvgIpc) is 2.27. The Kier molecular flexibility index (Phi) is 7.34. The fourth-order valence-electron chi connectivity index (χ4n) is 1.47. The van der Waals surface area contributed by atoms with Crippen LogP contribution in [0.1, 0.15) is 24.5 Å². The molecule has 0 saturated heterocycles. The highest BCUT2D eigenvalue weighted by Gasteiger charge is 2.04. The Hall–Kier alpha value is -1.26. The molecule has 4 N–H and O–H groups in total. The maximum atomic E-state index is 11.2. The molecule has 4 nitrogen and oxygen atoms in total. The molecule has 0 spiro atoms. The highest BCUT2D eigenvalue weighted by Crippen LogP contribution is 2.15. The number of halogens is 1. The van der Waals surface area contributed by atoms with Crippen LogP contribution in [0.3, 0.4) is 0 Å². The fraction of sp³-hybridized carbons (Fsp3) is 0.417. The van der Waals surface area contributed by atoms with Crippen molar-refractivity contribution in [1.82, 2.24) is 0 Å². The van der Waals surface area contributed by atoms with Crippen LogP contribution in [0.25, 0.3) is 0 Å². The van der Waals surface area contributed by atoms with Gasteiger partial charge in [-0.25, -0.2) is 0 Å². The first-order chi connectivity index (χ1) is 7.67. The molecule has 0 saturated carbocycles. The molecule has 0 atom stereocenters. The van der Waals surface area contributed by atoms with Crippen LogP contribution in [0.2, 0.25) is 0 Å². The van der Waals surface area contributed by atoms with Gasteiger partial charge >= 0.3 is 5.97 Å². The van der Waals surface area contributed by atoms with Gasteiger partial charge in [0.2, 0.25) is 0 Å². The topological polar surface area (TPSA) is 78.3 Å². The van der Waals surface area contributed by atoms with Crippen molar-refractivity contribution >= 4 is 24.1 Å². The molecule has 5 heteroatoms. The van der Waals surface area contributed by atoms with Crippen molar-refractivity contribution in [1.29, 1.82) is 0 Å². The summed E-state index contributed by atoms with van der Waals surface area (Å²) < 4.78 is 4.85. The standard InChI is InChI=1S/C12H18N2O2.ClH/c1-2-16-12(15)6-4-9-3-5-10(8-13)11(14)7-9;/h3,5,7H,2,4,6,8,13-14H2,1H3;1H. The number of hydrogen-bond acceptors (Lipinski definition) is 4. The largest absolute Gasteiger partial charge is 0.466 e. The molecule has 0 unspecified atom stereocenters. The zero-order chi connectivity index (χ0) is 12.0. The van der Waals surface area contributed by atoms with Crippen LogP contribution in [0.4, 0.5) is 5.69 Å². The molecule has 0 bridgehead atoms. The number of nitrogen functional groups attached to an aromatic ring is 1. The predicted octanol–water partition coefficient (Wildman–Crippen LogP) is 1.64. The summed E-state index contributed by atoms with van der Waals surface area (Å²) in [6.45, 7) is 2.66. The molecule has 1 aromatic carbocycles. The zero-order valence-corrected chi connectivity index (χ0v) is 10.8. The summed E-state index contributed by atoms with van der Waals surface area (Å²) in [4.78, 5) is 11.2. The van der Waals surface area contributed by atoms with Crippen LogP contribution in [0, 0.1) is 0 Å². The molecule has 96 valence electrons. The van der Waals surface area contributed by atoms with E-state index >= 15 is 0 Å². The van der Waals surface area contributed by atoms with Crippen LogP contribution in [-0.2, 0) is 22.5 Å². The molecule has 0 aliphatic heterocycles. The van der Waals surface area contributed by atoms with Crippen molar-refractivity contribution in [3.63, 3.8) is 0 Å². The van der Waals surface area contributed by atoms with Gasteiger partial charge in [0.15, 0.2) is 0 Å². The van der Waals surface area contributed by atoms with Crippen LogP contribution in [-0.4, -0.2) is 12.6 Å². The lowest BCUT2D eigenvalue weighted by atomic mass is 10.1. The van der Waals surface area contributed by atoms with E-state index in [0.717, 1.165) is 11.1 Å². The van der Waals surface area contributed by atoms with Crippen molar-refractivity contribution in [2.24, 2.45) is 5.73 Å². The molecule has 0 aromatic heterocycles. The quantitative estimate of drug-likeness (QED) is 0.622. The third-order valence-corrected chi connectivity index (χ3v) is 2.35. The summed E-state index contributed by atoms with van der Waals surface area (Å²) in [6, 6.07) is 5.70. The number of benzene rings is 1. The lowest BCUT2D eigenvalue weighted by molar-refractivity contribution is -0.143. The van der Waals surface area contributed by atoms with Gasteiger partial charge in [0, 0.05) is 18.7 Å². The van der Waals surface area contributed by atoms with Crippen LogP contribution in [0.5, 0.6) is 0 Å². The van der Waals surface area contributed by atoms with Crippen molar-refractivity contribution in [2.75, 3.05) is 12.3 Å². The second-order valence-corrected chi connectivity index (χ2v) is 3.54. The van der Waals surface area contributed by atoms with E-state index in [1.54, 1.807) is 6.92 Å². The van der Waals surface area contributed by atoms with Crippen molar-refractivity contribution < 1.29 is 9.53 Å². The lowest BCUT2D eigenvalue weighted by Gasteiger charge is -2.06. The van der Waals surface area contributed by atoms with Gasteiger partial charge in [0.05, 0.1) is 6.61 Å². The Morgan fingerprint density at radius 3 is 2.65 bits per heavy atom. The van der Waals surface area contributed by atoms with Gasteiger partial charge in [-0.05, 0) is 30.5 Å². The van der Waals surface area contributed by atoms with E-state index in [0.29, 0.717) is 31.7 Å². The first kappa shape index (κ1) is 15.7. The van der Waals surface area contributed by atoms with E-state index in [2.05, 4.69) is 0 Å². The van der Waals surface area contributed by atoms with Crippen LogP contribution >= 0.6 is 12.4 Å². The summed E-state index contributed by atoms with van der Waals surface area (Å²) in [7, 11) is 0. The van der Waals surface area contributed by atoms with E-state index in [-0.39, 0.29) is 18.4 Å². The minimum atomic E-state index is -0.177. The number of nitrogens with two attached hydrogens (primary N) is 2. The lowest BCUT2D eigenvalue weighted by Crippen LogP contribution is -2.06. The summed E-state index contributed by atoms with van der Waals surface area (Å²) in [5, 5.41) is 0. The van der Waals surface area contributed by atoms with Gasteiger partial charge in [-0.15, -0.1) is 12.4 Å². The Labute approximate surface area is 108 Å². The fourth-order valence-corrected chi connectivity index (χ4v) is 1.47. The van der Waals surface area contributed by atoms with Crippen LogP contribution < -0.4 is 11.5 Å². The monoisotopic (exact) mass is 258 g/mol. The zero-order valence-electron chi connectivity index (χ0n) is 9.94. The first-order valence-electron chi connectivity index (χ1n) is 5.40. The number of hydrogen-bond donors (Lipinski definition) is 2. The van der Waals surface area contributed by atoms with Gasteiger partial charge in [-0.3, -0.25) is 4.79 Å². The molecular formula is C12H19ClN2O2. The van der Waals surface area contributed by atoms with Gasteiger partial charge in [0.1, 0.15) is 0 Å². The number of rotatable bonds is 5. The Morgan fingerprint density at radius 1 is 1.41 bits per heavy atom. The molecule has 17 heavy (non-hydrogen) atoms. The number of carbonyl (C=O) groups excluding carboxylic acids is 1. The maximum Gasteiger partial charge on any atom is 0.306 e. The van der Waals surface area contributed by atoms with Crippen LogP contribution in [0.15, 0.2) is 18.2 Å². The predicted molar refractivity (Wildman–Crippen MR) is 70.9 cm³/mol. The molecular weight excluding hydrogens is 240 g/mol. The first-order valence-corrected chi connectivity index (χ1v) is 5.40. The van der Waals surface area contributed by atoms with Crippen molar-refractivity contribution in [3.8, 4) is 0 Å². The third-order valence-electron chi connectivity index (χ3n) is 2.35. The number of aryl methyl sites for hydroxylation is 1. The van der Waals surface area contributed by atoms with E-state index in [1.165, 1.54) is 0 Å². The van der Waals surface area contributed by atoms with E-state index in [4.69, 9.17) is 16.2 Å². The third kappa shape index (κ3) is 5.06. The second-order valence-electron chi connectivity index (χ2n) is 3.54. The molecule has 0 radical (unpaired) electrons. The van der Waals surface area contributed by atoms with Crippen molar-refractivity contribution in [2.45, 2.75) is 26.3 Å². The molecule has 0 aliphatic carbocycles. The number of ether oxygens (including phenoxy) is 1. The second kappa shape index (κ2) is 7.92. The van der Waals surface area contributed by atoms with Crippen molar-refractivity contribution in [3.05, 3.63) is 29.3 Å². The smallest absolute Gasteiger partial charge is 0.306 e. The van der Waals surface area contributed by atoms with E-state index in [1.807, 2.05) is 18.2 Å². The van der Waals surface area contributed by atoms with Gasteiger partial charge in [-0.2, -0.15) is 0 Å². The summed E-state index contributed by atoms with van der Waals surface area (Å²) in [6.07, 6.45) is 1.03. The highest BCUT2D eigenvalue weighted by molar-refractivity contribution is 5.85. The summed E-state index contributed by atoms with van der Waals surface area (Å²) in [5.41, 5.74) is 14.0. The molecule has 0 heterocycles. The summed E-state index contributed by atoms with van der Waals surface area (Å²) >= 11 is 0. The average molecular weight is 259 g/mol. The normalized spacial score (nSPS) is 9.53. The minimum absolute atomic E-state index is 0. The number of carbonyl (C=O) groups is 1. The van der Waals surface area contributed by atoms with E-state index in [9.17, 15) is 4.79 Å². The Balaban J connectivity index is 0.00000256. The molecule has 0 aliphatic rings. The highest BCUT2D eigenvalue weighted by atomic mass is 35.5. The van der Waals surface area contributed by atoms with Gasteiger partial charge < -0.3 is 16.2 Å². The molecule has 1 rings (SSSR count). The SMILES string of the molecule is CCOC(=O)CCc1ccc(CN)c(N)c1.Cl.